The molecule has 1 fully saturated rings. The summed E-state index contributed by atoms with van der Waals surface area (Å²) < 4.78 is 5.57. The second-order valence-corrected chi connectivity index (χ2v) is 6.33. The molecule has 5 nitrogen and oxygen atoms in total. The lowest BCUT2D eigenvalue weighted by molar-refractivity contribution is 0.0697. The number of furan rings is 1. The molecule has 128 valence electrons. The van der Waals surface area contributed by atoms with Crippen molar-refractivity contribution in [1.29, 1.82) is 0 Å². The Morgan fingerprint density at radius 2 is 1.60 bits per heavy atom. The van der Waals surface area contributed by atoms with Gasteiger partial charge in [-0.1, -0.05) is 18.2 Å². The van der Waals surface area contributed by atoms with E-state index in [1.807, 2.05) is 24.3 Å². The number of fused-ring (bicyclic) bond motifs is 1. The lowest BCUT2D eigenvalue weighted by atomic mass is 10.1. The van der Waals surface area contributed by atoms with Crippen LogP contribution < -0.4 is 9.80 Å². The number of carboxylic acid groups (broad SMARTS) is 1. The zero-order chi connectivity index (χ0) is 17.4. The van der Waals surface area contributed by atoms with E-state index < -0.39 is 5.97 Å². The van der Waals surface area contributed by atoms with E-state index in [0.717, 1.165) is 31.9 Å². The molecule has 2 aromatic carbocycles. The highest BCUT2D eigenvalue weighted by Crippen LogP contribution is 2.30. The van der Waals surface area contributed by atoms with Gasteiger partial charge < -0.3 is 19.3 Å². The maximum Gasteiger partial charge on any atom is 0.339 e. The van der Waals surface area contributed by atoms with Gasteiger partial charge in [0.2, 0.25) is 0 Å². The third-order valence-electron chi connectivity index (χ3n) is 4.83. The Bertz CT molecular complexity index is 909. The van der Waals surface area contributed by atoms with Crippen LogP contribution in [0.1, 0.15) is 16.1 Å². The molecule has 0 saturated carbocycles. The third kappa shape index (κ3) is 2.82. The van der Waals surface area contributed by atoms with Crippen LogP contribution in [0.15, 0.2) is 52.9 Å². The van der Waals surface area contributed by atoms with Crippen LogP contribution in [-0.2, 0) is 0 Å². The summed E-state index contributed by atoms with van der Waals surface area (Å²) in [6, 6.07) is 16.2. The number of aromatic carboxylic acids is 1. The average molecular weight is 336 g/mol. The van der Waals surface area contributed by atoms with Crippen LogP contribution in [0.25, 0.3) is 11.0 Å². The molecule has 5 heteroatoms. The first-order chi connectivity index (χ1) is 12.1. The fourth-order valence-electron chi connectivity index (χ4n) is 3.53. The van der Waals surface area contributed by atoms with Gasteiger partial charge >= 0.3 is 5.97 Å². The van der Waals surface area contributed by atoms with Crippen LogP contribution >= 0.6 is 0 Å². The van der Waals surface area contributed by atoms with E-state index in [4.69, 9.17) is 4.42 Å². The number of hydrogen-bond acceptors (Lipinski definition) is 4. The molecule has 0 radical (unpaired) electrons. The first-order valence-electron chi connectivity index (χ1n) is 8.45. The predicted molar refractivity (Wildman–Crippen MR) is 98.8 cm³/mol. The summed E-state index contributed by atoms with van der Waals surface area (Å²) in [5.41, 5.74) is 3.18. The molecule has 1 N–H and O–H groups in total. The van der Waals surface area contributed by atoms with E-state index in [-0.39, 0.29) is 5.56 Å². The number of piperazine rings is 1. The Kier molecular flexibility index (Phi) is 3.84. The van der Waals surface area contributed by atoms with E-state index in [0.29, 0.717) is 16.7 Å². The summed E-state index contributed by atoms with van der Waals surface area (Å²) in [4.78, 5) is 16.2. The first kappa shape index (κ1) is 15.6. The molecule has 1 aromatic heterocycles. The Balaban J connectivity index is 1.57. The summed E-state index contributed by atoms with van der Waals surface area (Å²) in [7, 11) is 0. The molecule has 1 aliphatic heterocycles. The van der Waals surface area contributed by atoms with Crippen LogP contribution in [0, 0.1) is 6.92 Å². The molecule has 0 spiro atoms. The molecule has 0 unspecified atom stereocenters. The van der Waals surface area contributed by atoms with E-state index in [2.05, 4.69) is 34.1 Å². The summed E-state index contributed by atoms with van der Waals surface area (Å²) in [6.07, 6.45) is 0. The van der Waals surface area contributed by atoms with Gasteiger partial charge in [-0.15, -0.1) is 0 Å². The lowest BCUT2D eigenvalue weighted by Gasteiger charge is -2.37. The number of para-hydroxylation sites is 1. The molecule has 1 saturated heterocycles. The Hall–Kier alpha value is -2.95. The molecule has 0 bridgehead atoms. The van der Waals surface area contributed by atoms with E-state index in [9.17, 15) is 9.90 Å². The van der Waals surface area contributed by atoms with Gasteiger partial charge in [-0.05, 0) is 37.3 Å². The lowest BCUT2D eigenvalue weighted by Crippen LogP contribution is -2.46. The summed E-state index contributed by atoms with van der Waals surface area (Å²) in [6.45, 7) is 5.39. The monoisotopic (exact) mass is 336 g/mol. The van der Waals surface area contributed by atoms with Crippen molar-refractivity contribution in [3.63, 3.8) is 0 Å². The van der Waals surface area contributed by atoms with Crippen LogP contribution in [0.2, 0.25) is 0 Å². The number of carboxylic acids is 1. The SMILES string of the molecule is Cc1oc2ccc(N3CCN(c4ccccc4)CC3)cc2c1C(=O)O. The van der Waals surface area contributed by atoms with Gasteiger partial charge in [0.25, 0.3) is 0 Å². The molecule has 2 heterocycles. The van der Waals surface area contributed by atoms with Crippen molar-refractivity contribution in [2.45, 2.75) is 6.92 Å². The molecule has 25 heavy (non-hydrogen) atoms. The van der Waals surface area contributed by atoms with Gasteiger partial charge in [-0.25, -0.2) is 4.79 Å². The van der Waals surface area contributed by atoms with Gasteiger partial charge in [0, 0.05) is 42.9 Å². The maximum absolute atomic E-state index is 11.5. The van der Waals surface area contributed by atoms with Gasteiger partial charge in [0.1, 0.15) is 16.9 Å². The Labute approximate surface area is 146 Å². The quantitative estimate of drug-likeness (QED) is 0.789. The Morgan fingerprint density at radius 1 is 0.960 bits per heavy atom. The minimum Gasteiger partial charge on any atom is -0.478 e. The zero-order valence-corrected chi connectivity index (χ0v) is 14.1. The normalized spacial score (nSPS) is 14.9. The van der Waals surface area contributed by atoms with Crippen molar-refractivity contribution in [1.82, 2.24) is 0 Å². The largest absolute Gasteiger partial charge is 0.478 e. The molecular formula is C20H20N2O3. The topological polar surface area (TPSA) is 56.9 Å². The second kappa shape index (κ2) is 6.16. The molecular weight excluding hydrogens is 316 g/mol. The number of anilines is 2. The van der Waals surface area contributed by atoms with Crippen molar-refractivity contribution < 1.29 is 14.3 Å². The van der Waals surface area contributed by atoms with Crippen LogP contribution in [-0.4, -0.2) is 37.3 Å². The summed E-state index contributed by atoms with van der Waals surface area (Å²) in [5.74, 6) is -0.490. The number of benzene rings is 2. The number of aryl methyl sites for hydroxylation is 1. The van der Waals surface area contributed by atoms with Crippen LogP contribution in [0.4, 0.5) is 11.4 Å². The molecule has 1 aliphatic rings. The standard InChI is InChI=1S/C20H20N2O3/c1-14-19(20(23)24)17-13-16(7-8-18(17)25-14)22-11-9-21(10-12-22)15-5-3-2-4-6-15/h2-8,13H,9-12H2,1H3,(H,23,24). The highest BCUT2D eigenvalue weighted by molar-refractivity contribution is 6.04. The molecule has 0 amide bonds. The van der Waals surface area contributed by atoms with Crippen molar-refractivity contribution >= 4 is 28.3 Å². The molecule has 3 aromatic rings. The summed E-state index contributed by atoms with van der Waals surface area (Å²) in [5, 5.41) is 10.1. The molecule has 4 rings (SSSR count). The van der Waals surface area contributed by atoms with Gasteiger partial charge in [-0.2, -0.15) is 0 Å². The van der Waals surface area contributed by atoms with Crippen molar-refractivity contribution in [3.05, 3.63) is 59.9 Å². The second-order valence-electron chi connectivity index (χ2n) is 6.33. The fraction of sp³-hybridized carbons (Fsp3) is 0.250. The third-order valence-corrected chi connectivity index (χ3v) is 4.83. The van der Waals surface area contributed by atoms with E-state index in [1.54, 1.807) is 6.92 Å². The summed E-state index contributed by atoms with van der Waals surface area (Å²) >= 11 is 0. The molecule has 0 aliphatic carbocycles. The number of nitrogens with zero attached hydrogens (tertiary/aromatic N) is 2. The van der Waals surface area contributed by atoms with Crippen LogP contribution in [0.5, 0.6) is 0 Å². The average Bonchev–Trinajstić information content (AvgIpc) is 2.97. The highest BCUT2D eigenvalue weighted by Gasteiger charge is 2.21. The first-order valence-corrected chi connectivity index (χ1v) is 8.45. The highest BCUT2D eigenvalue weighted by atomic mass is 16.4. The van der Waals surface area contributed by atoms with Crippen LogP contribution in [0.3, 0.4) is 0 Å². The van der Waals surface area contributed by atoms with Gasteiger partial charge in [0.15, 0.2) is 0 Å². The number of hydrogen-bond donors (Lipinski definition) is 1. The fourth-order valence-corrected chi connectivity index (χ4v) is 3.53. The Morgan fingerprint density at radius 3 is 2.24 bits per heavy atom. The predicted octanol–water partition coefficient (Wildman–Crippen LogP) is 3.77. The van der Waals surface area contributed by atoms with E-state index in [1.165, 1.54) is 5.69 Å². The number of rotatable bonds is 3. The van der Waals surface area contributed by atoms with Crippen molar-refractivity contribution in [2.75, 3.05) is 36.0 Å². The smallest absolute Gasteiger partial charge is 0.339 e. The molecule has 0 atom stereocenters. The van der Waals surface area contributed by atoms with E-state index >= 15 is 0 Å². The maximum atomic E-state index is 11.5. The number of carbonyl (C=O) groups is 1. The van der Waals surface area contributed by atoms with Gasteiger partial charge in [0.05, 0.1) is 0 Å². The van der Waals surface area contributed by atoms with Gasteiger partial charge in [-0.3, -0.25) is 0 Å². The van der Waals surface area contributed by atoms with Crippen molar-refractivity contribution in [3.8, 4) is 0 Å². The van der Waals surface area contributed by atoms with Crippen molar-refractivity contribution in [2.24, 2.45) is 0 Å². The minimum atomic E-state index is -0.942. The zero-order valence-electron chi connectivity index (χ0n) is 14.1. The minimum absolute atomic E-state index is 0.264.